The van der Waals surface area contributed by atoms with Gasteiger partial charge in [-0.2, -0.15) is 19.9 Å². The average Bonchev–Trinajstić information content (AvgIpc) is 3.70. The van der Waals surface area contributed by atoms with E-state index >= 15 is 0 Å². The second-order valence-electron chi connectivity index (χ2n) is 10.0. The van der Waals surface area contributed by atoms with Gasteiger partial charge in [0, 0.05) is 6.66 Å². The van der Waals surface area contributed by atoms with Crippen LogP contribution in [-0.4, -0.2) is 70.1 Å². The van der Waals surface area contributed by atoms with Gasteiger partial charge in [0.1, 0.15) is 0 Å². The monoisotopic (exact) mass is 558 g/mol. The van der Waals surface area contributed by atoms with Crippen LogP contribution in [0, 0.1) is 0 Å². The predicted molar refractivity (Wildman–Crippen MR) is 141 cm³/mol. The fourth-order valence-electron chi connectivity index (χ4n) is 4.75. The summed E-state index contributed by atoms with van der Waals surface area (Å²) in [4.78, 5) is 25.8. The highest BCUT2D eigenvalue weighted by Crippen LogP contribution is 2.62. The SMILES string of the molecule is CCOc1nc(N)nc2c1ncn2CC1(OP(C)(=O)OC2(Cn3cnc4c(OCC)nc(N)nc43)CC2)CC1. The van der Waals surface area contributed by atoms with Gasteiger partial charge < -0.3 is 39.1 Å². The van der Waals surface area contributed by atoms with Crippen LogP contribution in [0.15, 0.2) is 12.7 Å². The van der Waals surface area contributed by atoms with Gasteiger partial charge in [-0.3, -0.25) is 4.57 Å². The highest BCUT2D eigenvalue weighted by molar-refractivity contribution is 7.53. The molecule has 0 aliphatic heterocycles. The van der Waals surface area contributed by atoms with Crippen molar-refractivity contribution in [1.82, 2.24) is 39.0 Å². The van der Waals surface area contributed by atoms with Crippen LogP contribution in [0.1, 0.15) is 39.5 Å². The van der Waals surface area contributed by atoms with Crippen LogP contribution in [0.2, 0.25) is 0 Å². The molecule has 16 heteroatoms. The number of rotatable bonds is 12. The first-order valence-electron chi connectivity index (χ1n) is 12.9. The number of nitrogens with zero attached hydrogens (tertiary/aromatic N) is 8. The lowest BCUT2D eigenvalue weighted by Crippen LogP contribution is -2.25. The number of hydrogen-bond acceptors (Lipinski definition) is 13. The molecule has 2 saturated carbocycles. The molecule has 2 aliphatic rings. The minimum absolute atomic E-state index is 0.0890. The molecule has 0 radical (unpaired) electrons. The Bertz CT molecular complexity index is 1480. The second kappa shape index (κ2) is 9.28. The lowest BCUT2D eigenvalue weighted by Gasteiger charge is -2.26. The molecular weight excluding hydrogens is 527 g/mol. The van der Waals surface area contributed by atoms with Crippen LogP contribution in [0.25, 0.3) is 22.3 Å². The van der Waals surface area contributed by atoms with E-state index < -0.39 is 18.8 Å². The topological polar surface area (TPSA) is 193 Å². The molecule has 2 aliphatic carbocycles. The Labute approximate surface area is 223 Å². The summed E-state index contributed by atoms with van der Waals surface area (Å²) in [5.74, 6) is 0.839. The zero-order chi connectivity index (χ0) is 27.4. The van der Waals surface area contributed by atoms with Crippen LogP contribution in [-0.2, 0) is 26.7 Å². The maximum Gasteiger partial charge on any atom is 0.328 e. The predicted octanol–water partition coefficient (Wildman–Crippen LogP) is 2.55. The van der Waals surface area contributed by atoms with Crippen molar-refractivity contribution in [2.75, 3.05) is 31.3 Å². The molecule has 4 heterocycles. The molecule has 0 saturated heterocycles. The molecule has 2 fully saturated rings. The van der Waals surface area contributed by atoms with Gasteiger partial charge in [0.2, 0.25) is 23.7 Å². The third kappa shape index (κ3) is 5.09. The summed E-state index contributed by atoms with van der Waals surface area (Å²) in [6, 6.07) is 0. The summed E-state index contributed by atoms with van der Waals surface area (Å²) in [7, 11) is -3.46. The van der Waals surface area contributed by atoms with Crippen molar-refractivity contribution < 1.29 is 23.1 Å². The summed E-state index contributed by atoms with van der Waals surface area (Å²) >= 11 is 0. The van der Waals surface area contributed by atoms with E-state index in [2.05, 4.69) is 29.9 Å². The van der Waals surface area contributed by atoms with Crippen LogP contribution < -0.4 is 20.9 Å². The van der Waals surface area contributed by atoms with Crippen LogP contribution in [0.4, 0.5) is 11.9 Å². The number of ether oxygens (including phenoxy) is 2. The van der Waals surface area contributed by atoms with E-state index in [1.165, 1.54) is 6.66 Å². The van der Waals surface area contributed by atoms with E-state index in [1.807, 2.05) is 23.0 Å². The number of aromatic nitrogens is 8. The molecule has 6 rings (SSSR count). The van der Waals surface area contributed by atoms with Gasteiger partial charge in [0.15, 0.2) is 22.3 Å². The Kier molecular flexibility index (Phi) is 6.12. The molecule has 0 bridgehead atoms. The molecule has 39 heavy (non-hydrogen) atoms. The number of nitrogens with two attached hydrogens (primary N) is 2. The van der Waals surface area contributed by atoms with Crippen molar-refractivity contribution in [1.29, 1.82) is 0 Å². The normalized spacial score (nSPS) is 17.5. The van der Waals surface area contributed by atoms with Crippen LogP contribution in [0.5, 0.6) is 11.8 Å². The highest BCUT2D eigenvalue weighted by atomic mass is 31.2. The van der Waals surface area contributed by atoms with Gasteiger partial charge in [0.05, 0.1) is 50.2 Å². The van der Waals surface area contributed by atoms with Crippen molar-refractivity contribution in [2.45, 2.75) is 63.8 Å². The Balaban J connectivity index is 1.18. The Morgan fingerprint density at radius 3 is 1.56 bits per heavy atom. The fraction of sp³-hybridized carbons (Fsp3) is 0.565. The number of fused-ring (bicyclic) bond motifs is 2. The van der Waals surface area contributed by atoms with Crippen molar-refractivity contribution in [3.05, 3.63) is 12.7 Å². The molecule has 0 unspecified atom stereocenters. The maximum absolute atomic E-state index is 13.7. The molecule has 208 valence electrons. The number of hydrogen-bond donors (Lipinski definition) is 2. The molecule has 0 atom stereocenters. The number of nitrogen functional groups attached to an aromatic ring is 2. The lowest BCUT2D eigenvalue weighted by molar-refractivity contribution is 0.0778. The Morgan fingerprint density at radius 2 is 1.21 bits per heavy atom. The number of imidazole rings is 2. The quantitative estimate of drug-likeness (QED) is 0.241. The molecule has 4 aromatic rings. The first kappa shape index (κ1) is 25.7. The van der Waals surface area contributed by atoms with Gasteiger partial charge >= 0.3 is 7.60 Å². The van der Waals surface area contributed by atoms with E-state index in [1.54, 1.807) is 12.7 Å². The van der Waals surface area contributed by atoms with E-state index in [0.717, 1.165) is 25.7 Å². The van der Waals surface area contributed by atoms with Gasteiger partial charge in [-0.15, -0.1) is 0 Å². The van der Waals surface area contributed by atoms with E-state index in [4.69, 9.17) is 30.0 Å². The van der Waals surface area contributed by atoms with Gasteiger partial charge in [0.25, 0.3) is 0 Å². The van der Waals surface area contributed by atoms with Gasteiger partial charge in [-0.25, -0.2) is 9.97 Å². The minimum atomic E-state index is -3.46. The third-order valence-electron chi connectivity index (χ3n) is 6.71. The van der Waals surface area contributed by atoms with Crippen LogP contribution in [0.3, 0.4) is 0 Å². The van der Waals surface area contributed by atoms with Crippen LogP contribution >= 0.6 is 7.60 Å². The Hall–Kier alpha value is -3.55. The summed E-state index contributed by atoms with van der Waals surface area (Å²) in [6.45, 7) is 6.86. The molecule has 15 nitrogen and oxygen atoms in total. The molecule has 0 aromatic carbocycles. The highest BCUT2D eigenvalue weighted by Gasteiger charge is 2.54. The van der Waals surface area contributed by atoms with E-state index in [9.17, 15) is 4.57 Å². The van der Waals surface area contributed by atoms with Gasteiger partial charge in [-0.05, 0) is 39.5 Å². The van der Waals surface area contributed by atoms with Crippen molar-refractivity contribution in [2.24, 2.45) is 0 Å². The van der Waals surface area contributed by atoms with Crippen molar-refractivity contribution >= 4 is 41.8 Å². The smallest absolute Gasteiger partial charge is 0.328 e. The van der Waals surface area contributed by atoms with E-state index in [0.29, 0.717) is 60.4 Å². The first-order chi connectivity index (χ1) is 18.6. The Morgan fingerprint density at radius 1 is 0.795 bits per heavy atom. The zero-order valence-electron chi connectivity index (χ0n) is 22.0. The zero-order valence-corrected chi connectivity index (χ0v) is 22.9. The minimum Gasteiger partial charge on any atom is -0.476 e. The summed E-state index contributed by atoms with van der Waals surface area (Å²) in [6.07, 6.45) is 6.18. The molecule has 0 spiro atoms. The van der Waals surface area contributed by atoms with Gasteiger partial charge in [-0.1, -0.05) is 0 Å². The molecular formula is C23H31N10O5P. The summed E-state index contributed by atoms with van der Waals surface area (Å²) < 4.78 is 40.9. The van der Waals surface area contributed by atoms with Crippen molar-refractivity contribution in [3.8, 4) is 11.8 Å². The fourth-order valence-corrected chi connectivity index (χ4v) is 6.68. The molecule has 4 aromatic heterocycles. The summed E-state index contributed by atoms with van der Waals surface area (Å²) in [5, 5.41) is 0. The standard InChI is InChI=1S/C23H31N10O5P/c1-4-35-18-14-16(28-20(24)30-18)32(12-26-14)10-22(6-7-22)37-39(3,34)38-23(8-9-23)11-33-13-27-15-17(33)29-21(25)31-19(15)36-5-2/h12-13H,4-11H2,1-3H3,(H2,24,28,30)(H2,25,29,31). The first-order valence-corrected chi connectivity index (χ1v) is 14.8. The number of anilines is 2. The lowest BCUT2D eigenvalue weighted by atomic mass is 10.3. The largest absolute Gasteiger partial charge is 0.476 e. The molecule has 4 N–H and O–H groups in total. The van der Waals surface area contributed by atoms with E-state index in [-0.39, 0.29) is 11.9 Å². The maximum atomic E-state index is 13.7. The van der Waals surface area contributed by atoms with Crippen molar-refractivity contribution in [3.63, 3.8) is 0 Å². The second-order valence-corrected chi connectivity index (χ2v) is 12.0. The summed E-state index contributed by atoms with van der Waals surface area (Å²) in [5.41, 5.74) is 12.6. The molecule has 0 amide bonds. The average molecular weight is 559 g/mol. The third-order valence-corrected chi connectivity index (χ3v) is 8.15.